The first-order chi connectivity index (χ1) is 12.6. The highest BCUT2D eigenvalue weighted by atomic mass is 16.5. The molecule has 2 atom stereocenters. The molecule has 0 spiro atoms. The van der Waals surface area contributed by atoms with E-state index in [0.717, 1.165) is 36.4 Å². The first-order valence-corrected chi connectivity index (χ1v) is 8.87. The van der Waals surface area contributed by atoms with Crippen LogP contribution >= 0.6 is 0 Å². The quantitative estimate of drug-likeness (QED) is 0.751. The molecule has 0 saturated carbocycles. The molecule has 26 heavy (non-hydrogen) atoms. The first kappa shape index (κ1) is 18.4. The van der Waals surface area contributed by atoms with Crippen LogP contribution in [0.5, 0.6) is 5.75 Å². The summed E-state index contributed by atoms with van der Waals surface area (Å²) >= 11 is 0. The normalized spacial score (nSPS) is 19.5. The lowest BCUT2D eigenvalue weighted by atomic mass is 9.97. The number of hydrogen-bond donors (Lipinski definition) is 2. The van der Waals surface area contributed by atoms with Crippen LogP contribution in [0.1, 0.15) is 23.7 Å². The average molecular weight is 358 g/mol. The second-order valence-corrected chi connectivity index (χ2v) is 6.69. The summed E-state index contributed by atoms with van der Waals surface area (Å²) in [4.78, 5) is 13.3. The maximum absolute atomic E-state index is 11.7. The highest BCUT2D eigenvalue weighted by molar-refractivity contribution is 5.77. The zero-order valence-corrected chi connectivity index (χ0v) is 15.3. The Bertz CT molecular complexity index is 703. The third-order valence-electron chi connectivity index (χ3n) is 4.61. The van der Waals surface area contributed by atoms with Crippen molar-refractivity contribution in [2.75, 3.05) is 33.9 Å². The largest absolute Gasteiger partial charge is 0.483 e. The van der Waals surface area contributed by atoms with Crippen molar-refractivity contribution in [3.8, 4) is 5.75 Å². The van der Waals surface area contributed by atoms with Gasteiger partial charge in [-0.2, -0.15) is 5.10 Å². The van der Waals surface area contributed by atoms with Gasteiger partial charge in [0.15, 0.2) is 6.61 Å². The van der Waals surface area contributed by atoms with Gasteiger partial charge in [-0.05, 0) is 12.5 Å². The van der Waals surface area contributed by atoms with Crippen LogP contribution in [-0.4, -0.2) is 54.9 Å². The summed E-state index contributed by atoms with van der Waals surface area (Å²) in [5.74, 6) is 1.10. The van der Waals surface area contributed by atoms with Crippen LogP contribution in [0, 0.1) is 5.92 Å². The number of amides is 1. The Morgan fingerprint density at radius 3 is 3.04 bits per heavy atom. The number of carbonyl (C=O) groups is 1. The van der Waals surface area contributed by atoms with Crippen molar-refractivity contribution in [3.05, 3.63) is 47.8 Å². The molecule has 7 nitrogen and oxygen atoms in total. The molecule has 2 aromatic rings. The van der Waals surface area contributed by atoms with E-state index < -0.39 is 0 Å². The van der Waals surface area contributed by atoms with E-state index >= 15 is 0 Å². The number of aromatic nitrogens is 2. The van der Waals surface area contributed by atoms with Gasteiger partial charge in [-0.1, -0.05) is 18.2 Å². The molecule has 1 fully saturated rings. The molecule has 2 heterocycles. The van der Waals surface area contributed by atoms with E-state index in [4.69, 9.17) is 9.47 Å². The minimum Gasteiger partial charge on any atom is -0.483 e. The molecule has 0 bridgehead atoms. The van der Waals surface area contributed by atoms with Crippen molar-refractivity contribution >= 4 is 5.91 Å². The van der Waals surface area contributed by atoms with Gasteiger partial charge >= 0.3 is 0 Å². The number of likely N-dealkylation sites (N-methyl/N-ethyl adjacent to an activating group) is 1. The van der Waals surface area contributed by atoms with Crippen LogP contribution < -0.4 is 10.1 Å². The van der Waals surface area contributed by atoms with Crippen molar-refractivity contribution < 1.29 is 14.3 Å². The standard InChI is InChI=1S/C19H26N4O3/c1-23(2)18(24)13-26-17-6-4-3-5-14(17)9-20-10-15-7-8-25-19(15)16-11-21-22-12-16/h3-6,11-12,15,19-20H,7-10,13H2,1-2H3,(H,21,22)/t15-,19+/m1/s1. The van der Waals surface area contributed by atoms with Crippen molar-refractivity contribution in [2.24, 2.45) is 5.92 Å². The lowest BCUT2D eigenvalue weighted by Crippen LogP contribution is -2.28. The van der Waals surface area contributed by atoms with Crippen LogP contribution in [0.15, 0.2) is 36.7 Å². The predicted molar refractivity (Wildman–Crippen MR) is 97.7 cm³/mol. The van der Waals surface area contributed by atoms with Crippen molar-refractivity contribution in [1.82, 2.24) is 20.4 Å². The molecule has 2 N–H and O–H groups in total. The first-order valence-electron chi connectivity index (χ1n) is 8.87. The fourth-order valence-corrected chi connectivity index (χ4v) is 3.08. The Morgan fingerprint density at radius 2 is 2.27 bits per heavy atom. The van der Waals surface area contributed by atoms with Crippen molar-refractivity contribution in [2.45, 2.75) is 19.1 Å². The van der Waals surface area contributed by atoms with Crippen LogP contribution in [0.4, 0.5) is 0 Å². The molecule has 3 rings (SSSR count). The van der Waals surface area contributed by atoms with Crippen LogP contribution in [-0.2, 0) is 16.1 Å². The zero-order chi connectivity index (χ0) is 18.4. The Kier molecular flexibility index (Phi) is 6.25. The summed E-state index contributed by atoms with van der Waals surface area (Å²) in [7, 11) is 3.44. The monoisotopic (exact) mass is 358 g/mol. The summed E-state index contributed by atoms with van der Waals surface area (Å²) < 4.78 is 11.6. The topological polar surface area (TPSA) is 79.5 Å². The number of H-pyrrole nitrogens is 1. The molecule has 1 aromatic carbocycles. The number of hydrogen-bond acceptors (Lipinski definition) is 5. The smallest absolute Gasteiger partial charge is 0.259 e. The zero-order valence-electron chi connectivity index (χ0n) is 15.3. The summed E-state index contributed by atoms with van der Waals surface area (Å²) in [5.41, 5.74) is 2.14. The molecular formula is C19H26N4O3. The van der Waals surface area contributed by atoms with Crippen molar-refractivity contribution in [3.63, 3.8) is 0 Å². The molecular weight excluding hydrogens is 332 g/mol. The summed E-state index contributed by atoms with van der Waals surface area (Å²) in [6.07, 6.45) is 4.84. The Hall–Kier alpha value is -2.38. The third-order valence-corrected chi connectivity index (χ3v) is 4.61. The van der Waals surface area contributed by atoms with Gasteiger partial charge in [0.25, 0.3) is 5.91 Å². The van der Waals surface area contributed by atoms with E-state index in [2.05, 4.69) is 15.5 Å². The number of para-hydroxylation sites is 1. The Labute approximate surface area is 153 Å². The van der Waals surface area contributed by atoms with E-state index in [-0.39, 0.29) is 18.6 Å². The number of carbonyl (C=O) groups excluding carboxylic acids is 1. The number of ether oxygens (including phenoxy) is 2. The van der Waals surface area contributed by atoms with Crippen LogP contribution in [0.2, 0.25) is 0 Å². The van der Waals surface area contributed by atoms with E-state index in [1.54, 1.807) is 14.1 Å². The molecule has 1 saturated heterocycles. The molecule has 0 aliphatic carbocycles. The van der Waals surface area contributed by atoms with Gasteiger partial charge in [-0.25, -0.2) is 0 Å². The molecule has 0 unspecified atom stereocenters. The summed E-state index contributed by atoms with van der Waals surface area (Å²) in [6, 6.07) is 7.80. The van der Waals surface area contributed by atoms with Gasteiger partial charge in [0.1, 0.15) is 5.75 Å². The van der Waals surface area contributed by atoms with Crippen LogP contribution in [0.3, 0.4) is 0 Å². The molecule has 1 aliphatic heterocycles. The third kappa shape index (κ3) is 4.62. The molecule has 7 heteroatoms. The minimum atomic E-state index is -0.0566. The predicted octanol–water partition coefficient (Wildman–Crippen LogP) is 1.74. The molecule has 1 amide bonds. The van der Waals surface area contributed by atoms with Crippen molar-refractivity contribution in [1.29, 1.82) is 0 Å². The van der Waals surface area contributed by atoms with Gasteiger partial charge in [-0.15, -0.1) is 0 Å². The molecule has 1 aromatic heterocycles. The number of benzene rings is 1. The van der Waals surface area contributed by atoms with E-state index in [1.165, 1.54) is 4.90 Å². The van der Waals surface area contributed by atoms with Crippen LogP contribution in [0.25, 0.3) is 0 Å². The van der Waals surface area contributed by atoms with Gasteiger partial charge in [0.05, 0.1) is 12.3 Å². The second-order valence-electron chi connectivity index (χ2n) is 6.69. The minimum absolute atomic E-state index is 0.0447. The number of aromatic amines is 1. The maximum atomic E-state index is 11.7. The lowest BCUT2D eigenvalue weighted by Gasteiger charge is -2.18. The highest BCUT2D eigenvalue weighted by Crippen LogP contribution is 2.33. The summed E-state index contributed by atoms with van der Waals surface area (Å²) in [5, 5.41) is 10.4. The highest BCUT2D eigenvalue weighted by Gasteiger charge is 2.29. The molecule has 0 radical (unpaired) electrons. The van der Waals surface area contributed by atoms with Gasteiger partial charge < -0.3 is 19.7 Å². The Morgan fingerprint density at radius 1 is 1.42 bits per heavy atom. The molecule has 1 aliphatic rings. The summed E-state index contributed by atoms with van der Waals surface area (Å²) in [6.45, 7) is 2.35. The SMILES string of the molecule is CN(C)C(=O)COc1ccccc1CNC[C@H]1CCO[C@@H]1c1cn[nH]c1. The average Bonchev–Trinajstić information content (AvgIpc) is 3.31. The van der Waals surface area contributed by atoms with E-state index in [1.807, 2.05) is 36.7 Å². The fraction of sp³-hybridized carbons (Fsp3) is 0.474. The second kappa shape index (κ2) is 8.82. The van der Waals surface area contributed by atoms with Gasteiger partial charge in [0.2, 0.25) is 0 Å². The number of rotatable bonds is 8. The fourth-order valence-electron chi connectivity index (χ4n) is 3.08. The number of nitrogens with zero attached hydrogens (tertiary/aromatic N) is 2. The van der Waals surface area contributed by atoms with Gasteiger partial charge in [-0.3, -0.25) is 9.89 Å². The Balaban J connectivity index is 1.52. The number of nitrogens with one attached hydrogen (secondary N) is 2. The van der Waals surface area contributed by atoms with E-state index in [9.17, 15) is 4.79 Å². The van der Waals surface area contributed by atoms with E-state index in [0.29, 0.717) is 12.5 Å². The maximum Gasteiger partial charge on any atom is 0.259 e. The molecule has 140 valence electrons. The van der Waals surface area contributed by atoms with Gasteiger partial charge in [0, 0.05) is 57.0 Å². The lowest BCUT2D eigenvalue weighted by molar-refractivity contribution is -0.130.